The smallest absolute Gasteiger partial charge is 0.317 e. The van der Waals surface area contributed by atoms with Crippen molar-refractivity contribution in [3.63, 3.8) is 0 Å². The van der Waals surface area contributed by atoms with Crippen LogP contribution in [0.3, 0.4) is 0 Å². The van der Waals surface area contributed by atoms with Crippen LogP contribution in [0, 0.1) is 5.41 Å². The Morgan fingerprint density at radius 1 is 1.29 bits per heavy atom. The van der Waals surface area contributed by atoms with Gasteiger partial charge in [0, 0.05) is 11.8 Å². The third-order valence-electron chi connectivity index (χ3n) is 2.83. The van der Waals surface area contributed by atoms with E-state index in [0.29, 0.717) is 0 Å². The molecule has 1 aromatic carbocycles. The van der Waals surface area contributed by atoms with Gasteiger partial charge in [-0.25, -0.2) is 0 Å². The second kappa shape index (κ2) is 6.13. The Bertz CT molecular complexity index is 662. The molecule has 110 valence electrons. The normalized spacial score (nSPS) is 10.3. The summed E-state index contributed by atoms with van der Waals surface area (Å²) >= 11 is 0. The number of nitrogens with one attached hydrogen (secondary N) is 1. The number of ether oxygens (including phenoxy) is 1. The van der Waals surface area contributed by atoms with Crippen LogP contribution >= 0.6 is 0 Å². The van der Waals surface area contributed by atoms with Crippen molar-refractivity contribution in [2.24, 2.45) is 0 Å². The lowest BCUT2D eigenvalue weighted by Gasteiger charge is -2.07. The van der Waals surface area contributed by atoms with Crippen molar-refractivity contribution in [3.8, 4) is 17.5 Å². The average Bonchev–Trinajstić information content (AvgIpc) is 2.67. The number of carbonyl (C=O) groups is 1. The molecule has 0 unspecified atom stereocenters. The van der Waals surface area contributed by atoms with Gasteiger partial charge in [-0.3, -0.25) is 9.36 Å². The summed E-state index contributed by atoms with van der Waals surface area (Å²) in [5.41, 5.74) is 1.04. The molecule has 6 nitrogen and oxygen atoms in total. The van der Waals surface area contributed by atoms with E-state index in [4.69, 9.17) is 10.1 Å². The SMILES string of the molecule is CC(=N)CC(=O)Oc1cc(O)n(Cc2ccccc2)c1O. The molecule has 0 aliphatic rings. The number of aromatic hydroxyl groups is 2. The quantitative estimate of drug-likeness (QED) is 0.581. The molecule has 3 N–H and O–H groups in total. The third-order valence-corrected chi connectivity index (χ3v) is 2.83. The molecule has 6 heteroatoms. The van der Waals surface area contributed by atoms with Crippen molar-refractivity contribution in [1.29, 1.82) is 5.41 Å². The maximum absolute atomic E-state index is 11.5. The van der Waals surface area contributed by atoms with Crippen molar-refractivity contribution in [2.45, 2.75) is 19.9 Å². The largest absolute Gasteiger partial charge is 0.494 e. The number of aromatic nitrogens is 1. The Morgan fingerprint density at radius 2 is 1.95 bits per heavy atom. The van der Waals surface area contributed by atoms with Gasteiger partial charge in [0.2, 0.25) is 5.88 Å². The van der Waals surface area contributed by atoms with Gasteiger partial charge in [-0.1, -0.05) is 30.3 Å². The van der Waals surface area contributed by atoms with Gasteiger partial charge in [-0.05, 0) is 12.5 Å². The zero-order valence-corrected chi connectivity index (χ0v) is 11.5. The highest BCUT2D eigenvalue weighted by molar-refractivity contribution is 5.96. The molecule has 0 aliphatic carbocycles. The van der Waals surface area contributed by atoms with Crippen molar-refractivity contribution in [2.75, 3.05) is 0 Å². The van der Waals surface area contributed by atoms with E-state index in [1.807, 2.05) is 30.3 Å². The lowest BCUT2D eigenvalue weighted by atomic mass is 10.2. The lowest BCUT2D eigenvalue weighted by Crippen LogP contribution is -2.11. The van der Waals surface area contributed by atoms with E-state index in [1.54, 1.807) is 0 Å². The second-order valence-electron chi connectivity index (χ2n) is 4.69. The molecule has 1 aromatic heterocycles. The summed E-state index contributed by atoms with van der Waals surface area (Å²) in [6.45, 7) is 1.73. The highest BCUT2D eigenvalue weighted by Gasteiger charge is 2.18. The molecule has 1 heterocycles. The zero-order chi connectivity index (χ0) is 15.4. The van der Waals surface area contributed by atoms with E-state index >= 15 is 0 Å². The van der Waals surface area contributed by atoms with Crippen LogP contribution in [-0.2, 0) is 11.3 Å². The summed E-state index contributed by atoms with van der Waals surface area (Å²) in [6.07, 6.45) is -0.163. The van der Waals surface area contributed by atoms with Crippen LogP contribution in [0.15, 0.2) is 36.4 Å². The summed E-state index contributed by atoms with van der Waals surface area (Å²) in [7, 11) is 0. The highest BCUT2D eigenvalue weighted by atomic mass is 16.5. The van der Waals surface area contributed by atoms with Crippen LogP contribution < -0.4 is 4.74 Å². The molecular formula is C15H16N2O4. The van der Waals surface area contributed by atoms with Gasteiger partial charge in [0.15, 0.2) is 11.6 Å². The molecule has 2 aromatic rings. The fourth-order valence-corrected chi connectivity index (χ4v) is 1.87. The maximum Gasteiger partial charge on any atom is 0.317 e. The number of esters is 1. The van der Waals surface area contributed by atoms with E-state index in [1.165, 1.54) is 17.6 Å². The fourth-order valence-electron chi connectivity index (χ4n) is 1.87. The zero-order valence-electron chi connectivity index (χ0n) is 11.5. The van der Waals surface area contributed by atoms with Gasteiger partial charge in [0.25, 0.3) is 0 Å². The van der Waals surface area contributed by atoms with Gasteiger partial charge < -0.3 is 20.4 Å². The standard InChI is InChI=1S/C15H16N2O4/c1-10(16)7-14(19)21-12-8-13(18)17(15(12)20)9-11-5-3-2-4-6-11/h2-6,8,16,18,20H,7,9H2,1H3. The van der Waals surface area contributed by atoms with E-state index in [-0.39, 0.29) is 36.2 Å². The first-order chi connectivity index (χ1) is 9.97. The molecule has 0 amide bonds. The van der Waals surface area contributed by atoms with Crippen molar-refractivity contribution in [3.05, 3.63) is 42.0 Å². The topological polar surface area (TPSA) is 95.5 Å². The first-order valence-electron chi connectivity index (χ1n) is 6.37. The maximum atomic E-state index is 11.5. The van der Waals surface area contributed by atoms with Crippen LogP contribution in [0.1, 0.15) is 18.9 Å². The molecule has 0 saturated carbocycles. The van der Waals surface area contributed by atoms with Crippen molar-refractivity contribution in [1.82, 2.24) is 4.57 Å². The predicted octanol–water partition coefficient (Wildman–Crippen LogP) is 2.28. The Kier molecular flexibility index (Phi) is 4.27. The molecule has 0 bridgehead atoms. The monoisotopic (exact) mass is 288 g/mol. The molecule has 0 aliphatic heterocycles. The predicted molar refractivity (Wildman–Crippen MR) is 77.0 cm³/mol. The number of benzene rings is 1. The van der Waals surface area contributed by atoms with Gasteiger partial charge >= 0.3 is 5.97 Å². The minimum absolute atomic E-state index is 0.116. The summed E-state index contributed by atoms with van der Waals surface area (Å²) in [6, 6.07) is 10.4. The minimum atomic E-state index is -0.658. The van der Waals surface area contributed by atoms with Gasteiger partial charge in [-0.15, -0.1) is 0 Å². The first kappa shape index (κ1) is 14.6. The molecule has 21 heavy (non-hydrogen) atoms. The summed E-state index contributed by atoms with van der Waals surface area (Å²) in [4.78, 5) is 11.5. The molecular weight excluding hydrogens is 272 g/mol. The van der Waals surface area contributed by atoms with E-state index in [2.05, 4.69) is 0 Å². The second-order valence-corrected chi connectivity index (χ2v) is 4.69. The minimum Gasteiger partial charge on any atom is -0.494 e. The number of carbonyl (C=O) groups excluding carboxylic acids is 1. The van der Waals surface area contributed by atoms with Crippen molar-refractivity contribution < 1.29 is 19.7 Å². The summed E-state index contributed by atoms with van der Waals surface area (Å²) < 4.78 is 6.18. The van der Waals surface area contributed by atoms with E-state index < -0.39 is 5.97 Å². The van der Waals surface area contributed by atoms with Gasteiger partial charge in [0.05, 0.1) is 13.0 Å². The van der Waals surface area contributed by atoms with Crippen LogP contribution in [0.25, 0.3) is 0 Å². The molecule has 2 rings (SSSR count). The Balaban J connectivity index is 2.17. The third kappa shape index (κ3) is 3.62. The average molecular weight is 288 g/mol. The lowest BCUT2D eigenvalue weighted by molar-refractivity contribution is -0.133. The Hall–Kier alpha value is -2.76. The molecule has 0 spiro atoms. The van der Waals surface area contributed by atoms with Crippen molar-refractivity contribution >= 4 is 11.7 Å². The summed E-state index contributed by atoms with van der Waals surface area (Å²) in [5, 5.41) is 27.1. The molecule has 0 atom stereocenters. The first-order valence-corrected chi connectivity index (χ1v) is 6.37. The van der Waals surface area contributed by atoms with Gasteiger partial charge in [-0.2, -0.15) is 0 Å². The number of hydrogen-bond donors (Lipinski definition) is 3. The number of rotatable bonds is 5. The number of hydrogen-bond acceptors (Lipinski definition) is 5. The van der Waals surface area contributed by atoms with Crippen LogP contribution in [-0.4, -0.2) is 26.5 Å². The molecule has 0 radical (unpaired) electrons. The summed E-state index contributed by atoms with van der Waals surface area (Å²) in [5.74, 6) is -1.30. The molecule has 0 saturated heterocycles. The Labute approximate surface area is 121 Å². The van der Waals surface area contributed by atoms with Crippen LogP contribution in [0.2, 0.25) is 0 Å². The molecule has 0 fully saturated rings. The highest BCUT2D eigenvalue weighted by Crippen LogP contribution is 2.35. The number of nitrogens with zero attached hydrogens (tertiary/aromatic N) is 1. The van der Waals surface area contributed by atoms with E-state index in [0.717, 1.165) is 5.56 Å². The van der Waals surface area contributed by atoms with Crippen LogP contribution in [0.4, 0.5) is 0 Å². The Morgan fingerprint density at radius 3 is 2.57 bits per heavy atom. The van der Waals surface area contributed by atoms with E-state index in [9.17, 15) is 15.0 Å². The van der Waals surface area contributed by atoms with Crippen LogP contribution in [0.5, 0.6) is 17.5 Å². The fraction of sp³-hybridized carbons (Fsp3) is 0.200. The van der Waals surface area contributed by atoms with Gasteiger partial charge in [0.1, 0.15) is 0 Å².